The summed E-state index contributed by atoms with van der Waals surface area (Å²) in [6.45, 7) is 2.44. The second-order valence-corrected chi connectivity index (χ2v) is 10.3. The van der Waals surface area contributed by atoms with Crippen molar-refractivity contribution >= 4 is 12.1 Å². The van der Waals surface area contributed by atoms with E-state index in [9.17, 15) is 27.2 Å². The summed E-state index contributed by atoms with van der Waals surface area (Å²) in [6, 6.07) is 0. The molecule has 0 aromatic rings. The number of hydrogen-bond donors (Lipinski definition) is 0. The largest absolute Gasteiger partial charge is 0.509 e. The lowest BCUT2D eigenvalue weighted by Crippen LogP contribution is -2.61. The van der Waals surface area contributed by atoms with E-state index in [1.165, 1.54) is 0 Å². The summed E-state index contributed by atoms with van der Waals surface area (Å²) in [4.78, 5) is 24.7. The minimum Gasteiger partial charge on any atom is -0.456 e. The van der Waals surface area contributed by atoms with Gasteiger partial charge in [-0.2, -0.15) is 17.6 Å². The SMILES string of the molecule is C=C(C)C(=O)OC12CC3CC(CC(OC(=O)OCC4(C)OCC(F)(F)C(F)(F)CO4)(C3)C1)C2. The fourth-order valence-electron chi connectivity index (χ4n) is 5.84. The van der Waals surface area contributed by atoms with Gasteiger partial charge in [-0.25, -0.2) is 9.59 Å². The molecule has 4 aliphatic carbocycles. The molecule has 1 heterocycles. The molecule has 33 heavy (non-hydrogen) atoms. The van der Waals surface area contributed by atoms with Crippen LogP contribution in [-0.4, -0.2) is 60.8 Å². The summed E-state index contributed by atoms with van der Waals surface area (Å²) in [5.41, 5.74) is -1.34. The molecule has 4 bridgehead atoms. The lowest BCUT2D eigenvalue weighted by Gasteiger charge is -2.59. The second-order valence-electron chi connectivity index (χ2n) is 10.3. The molecule has 0 radical (unpaired) electrons. The zero-order valence-electron chi connectivity index (χ0n) is 18.6. The first-order valence-electron chi connectivity index (χ1n) is 10.9. The van der Waals surface area contributed by atoms with Crippen LogP contribution in [0.2, 0.25) is 0 Å². The molecule has 2 atom stereocenters. The summed E-state index contributed by atoms with van der Waals surface area (Å²) in [7, 11) is 0. The zero-order chi connectivity index (χ0) is 24.3. The first-order chi connectivity index (χ1) is 15.2. The number of carbonyl (C=O) groups excluding carboxylic acids is 2. The highest BCUT2D eigenvalue weighted by Gasteiger charge is 2.62. The first kappa shape index (κ1) is 24.3. The topological polar surface area (TPSA) is 80.3 Å². The standard InChI is InChI=1S/C22H28F4O7/c1-13(2)16(27)32-19-5-14-4-15(6-19)8-20(7-14,9-19)33-17(28)29-10-18(3)30-11-21(23,24)22(25,26)12-31-18/h14-15H,1,4-12H2,2-3H3. The van der Waals surface area contributed by atoms with Crippen molar-refractivity contribution in [3.63, 3.8) is 0 Å². The molecule has 1 saturated heterocycles. The van der Waals surface area contributed by atoms with Gasteiger partial charge >= 0.3 is 24.0 Å². The van der Waals surface area contributed by atoms with Crippen molar-refractivity contribution in [3.05, 3.63) is 12.2 Å². The quantitative estimate of drug-likeness (QED) is 0.328. The van der Waals surface area contributed by atoms with Crippen LogP contribution in [0.4, 0.5) is 22.4 Å². The van der Waals surface area contributed by atoms with Crippen molar-refractivity contribution in [1.82, 2.24) is 0 Å². The summed E-state index contributed by atoms with van der Waals surface area (Å²) < 4.78 is 80.2. The number of halogens is 4. The molecule has 4 saturated carbocycles. The Kier molecular flexibility index (Phi) is 5.75. The normalized spacial score (nSPS) is 37.6. The number of hydrogen-bond acceptors (Lipinski definition) is 7. The van der Waals surface area contributed by atoms with E-state index in [1.54, 1.807) is 6.92 Å². The molecule has 2 unspecified atom stereocenters. The molecule has 186 valence electrons. The highest BCUT2D eigenvalue weighted by atomic mass is 19.3. The molecule has 5 rings (SSSR count). The Morgan fingerprint density at radius 1 is 0.939 bits per heavy atom. The van der Waals surface area contributed by atoms with Gasteiger partial charge in [0, 0.05) is 12.0 Å². The van der Waals surface area contributed by atoms with Crippen LogP contribution in [0.3, 0.4) is 0 Å². The molecule has 0 N–H and O–H groups in total. The molecule has 1 aliphatic heterocycles. The molecule has 5 fully saturated rings. The Hall–Kier alpha value is -1.88. The van der Waals surface area contributed by atoms with Crippen LogP contribution in [0.25, 0.3) is 0 Å². The van der Waals surface area contributed by atoms with Crippen LogP contribution in [0.5, 0.6) is 0 Å². The molecular formula is C22H28F4O7. The Labute approximate surface area is 188 Å². The third kappa shape index (κ3) is 4.71. The van der Waals surface area contributed by atoms with Gasteiger partial charge in [0.1, 0.15) is 31.0 Å². The van der Waals surface area contributed by atoms with E-state index < -0.39 is 60.8 Å². The summed E-state index contributed by atoms with van der Waals surface area (Å²) in [5, 5.41) is 0. The van der Waals surface area contributed by atoms with E-state index >= 15 is 0 Å². The summed E-state index contributed by atoms with van der Waals surface area (Å²) in [6.07, 6.45) is 2.74. The summed E-state index contributed by atoms with van der Waals surface area (Å²) >= 11 is 0. The van der Waals surface area contributed by atoms with Gasteiger partial charge in [-0.1, -0.05) is 6.58 Å². The van der Waals surface area contributed by atoms with E-state index in [1.807, 2.05) is 0 Å². The fourth-order valence-corrected chi connectivity index (χ4v) is 5.84. The lowest BCUT2D eigenvalue weighted by molar-refractivity contribution is -0.250. The highest BCUT2D eigenvalue weighted by molar-refractivity contribution is 5.87. The second kappa shape index (κ2) is 7.83. The minimum absolute atomic E-state index is 0.215. The molecule has 0 aromatic heterocycles. The van der Waals surface area contributed by atoms with Gasteiger partial charge < -0.3 is 23.7 Å². The van der Waals surface area contributed by atoms with Gasteiger partial charge in [0.05, 0.1) is 0 Å². The molecule has 0 amide bonds. The summed E-state index contributed by atoms with van der Waals surface area (Å²) in [5.74, 6) is -10.9. The van der Waals surface area contributed by atoms with Crippen LogP contribution >= 0.6 is 0 Å². The molecule has 7 nitrogen and oxygen atoms in total. The van der Waals surface area contributed by atoms with Crippen LogP contribution in [0.1, 0.15) is 52.4 Å². The van der Waals surface area contributed by atoms with E-state index in [4.69, 9.17) is 23.7 Å². The molecule has 11 heteroatoms. The molecule has 5 aliphatic rings. The Balaban J connectivity index is 1.38. The lowest BCUT2D eigenvalue weighted by atomic mass is 9.52. The molecule has 0 spiro atoms. The maximum atomic E-state index is 13.5. The van der Waals surface area contributed by atoms with Crippen molar-refractivity contribution in [1.29, 1.82) is 0 Å². The smallest absolute Gasteiger partial charge is 0.456 e. The predicted octanol–water partition coefficient (Wildman–Crippen LogP) is 4.38. The Morgan fingerprint density at radius 2 is 1.42 bits per heavy atom. The number of carbonyl (C=O) groups is 2. The van der Waals surface area contributed by atoms with Crippen molar-refractivity contribution in [2.75, 3.05) is 19.8 Å². The van der Waals surface area contributed by atoms with Crippen molar-refractivity contribution < 1.29 is 50.8 Å². The third-order valence-electron chi connectivity index (χ3n) is 7.02. The van der Waals surface area contributed by atoms with Gasteiger partial charge in [0.15, 0.2) is 0 Å². The van der Waals surface area contributed by atoms with E-state index in [2.05, 4.69) is 6.58 Å². The fraction of sp³-hybridized carbons (Fsp3) is 0.818. The van der Waals surface area contributed by atoms with Gasteiger partial charge in [0.25, 0.3) is 0 Å². The number of esters is 1. The third-order valence-corrected chi connectivity index (χ3v) is 7.02. The number of ether oxygens (including phenoxy) is 5. The van der Waals surface area contributed by atoms with Gasteiger partial charge in [-0.15, -0.1) is 0 Å². The number of rotatable bonds is 5. The van der Waals surface area contributed by atoms with Crippen LogP contribution in [0, 0.1) is 11.8 Å². The van der Waals surface area contributed by atoms with Gasteiger partial charge in [-0.05, 0) is 57.8 Å². The monoisotopic (exact) mass is 480 g/mol. The molecular weight excluding hydrogens is 452 g/mol. The zero-order valence-corrected chi connectivity index (χ0v) is 18.6. The van der Waals surface area contributed by atoms with Crippen LogP contribution in [0.15, 0.2) is 12.2 Å². The van der Waals surface area contributed by atoms with Crippen molar-refractivity contribution in [2.45, 2.75) is 81.2 Å². The Bertz CT molecular complexity index is 811. The first-order valence-corrected chi connectivity index (χ1v) is 10.9. The van der Waals surface area contributed by atoms with E-state index in [0.29, 0.717) is 32.1 Å². The Morgan fingerprint density at radius 3 is 1.91 bits per heavy atom. The average Bonchev–Trinajstić information content (AvgIpc) is 2.75. The average molecular weight is 480 g/mol. The predicted molar refractivity (Wildman–Crippen MR) is 104 cm³/mol. The van der Waals surface area contributed by atoms with Crippen LogP contribution in [-0.2, 0) is 28.5 Å². The van der Waals surface area contributed by atoms with Crippen LogP contribution < -0.4 is 0 Å². The maximum absolute atomic E-state index is 13.5. The van der Waals surface area contributed by atoms with E-state index in [-0.39, 0.29) is 17.4 Å². The van der Waals surface area contributed by atoms with Crippen molar-refractivity contribution in [3.8, 4) is 0 Å². The highest BCUT2D eigenvalue weighted by Crippen LogP contribution is 2.60. The number of alkyl halides is 4. The van der Waals surface area contributed by atoms with Gasteiger partial charge in [-0.3, -0.25) is 0 Å². The maximum Gasteiger partial charge on any atom is 0.509 e. The van der Waals surface area contributed by atoms with Crippen molar-refractivity contribution in [2.24, 2.45) is 11.8 Å². The van der Waals surface area contributed by atoms with E-state index in [0.717, 1.165) is 13.3 Å². The van der Waals surface area contributed by atoms with Gasteiger partial charge in [0.2, 0.25) is 5.79 Å². The minimum atomic E-state index is -4.42. The molecule has 0 aromatic carbocycles.